The van der Waals surface area contributed by atoms with Gasteiger partial charge in [0.25, 0.3) is 11.6 Å². The number of carbonyl (C=O) groups excluding carboxylic acids is 3. The molecule has 0 heterocycles. The number of nitro benzene ring substituents is 1. The van der Waals surface area contributed by atoms with Crippen LogP contribution < -0.4 is 24.8 Å². The molecule has 0 spiro atoms. The Balaban J connectivity index is 1.31. The van der Waals surface area contributed by atoms with Gasteiger partial charge < -0.3 is 30.0 Å². The number of amides is 2. The average molecular weight is 676 g/mol. The molecule has 0 aliphatic heterocycles. The zero-order chi connectivity index (χ0) is 35.3. The van der Waals surface area contributed by atoms with Gasteiger partial charge in [-0.2, -0.15) is 0 Å². The monoisotopic (exact) mass is 675 g/mol. The Bertz CT molecular complexity index is 1600. The lowest BCUT2D eigenvalue weighted by Gasteiger charge is -2.25. The number of benzene rings is 3. The van der Waals surface area contributed by atoms with Gasteiger partial charge >= 0.3 is 12.1 Å². The first-order valence-electron chi connectivity index (χ1n) is 16.3. The molecule has 1 aliphatic rings. The molecule has 0 unspecified atom stereocenters. The third-order valence-electron chi connectivity index (χ3n) is 8.11. The third-order valence-corrected chi connectivity index (χ3v) is 8.11. The van der Waals surface area contributed by atoms with Gasteiger partial charge in [0.05, 0.1) is 4.92 Å². The first kappa shape index (κ1) is 36.4. The first-order chi connectivity index (χ1) is 23.5. The van der Waals surface area contributed by atoms with Crippen LogP contribution in [0.4, 0.5) is 10.5 Å². The second-order valence-corrected chi connectivity index (χ2v) is 12.4. The summed E-state index contributed by atoms with van der Waals surface area (Å²) < 4.78 is 16.1. The second-order valence-electron chi connectivity index (χ2n) is 12.4. The van der Waals surface area contributed by atoms with Gasteiger partial charge in [0.15, 0.2) is 6.61 Å². The fourth-order valence-electron chi connectivity index (χ4n) is 5.70. The van der Waals surface area contributed by atoms with E-state index in [1.807, 2.05) is 38.1 Å². The van der Waals surface area contributed by atoms with Crippen molar-refractivity contribution in [2.75, 3.05) is 6.61 Å². The Morgan fingerprint density at radius 1 is 0.857 bits per heavy atom. The van der Waals surface area contributed by atoms with E-state index in [-0.39, 0.29) is 42.6 Å². The minimum atomic E-state index is -1.31. The molecule has 2 atom stereocenters. The van der Waals surface area contributed by atoms with Crippen molar-refractivity contribution in [3.63, 3.8) is 0 Å². The average Bonchev–Trinajstić information content (AvgIpc) is 3.08. The van der Waals surface area contributed by atoms with Crippen LogP contribution in [0.25, 0.3) is 0 Å². The van der Waals surface area contributed by atoms with Crippen LogP contribution in [-0.2, 0) is 20.8 Å². The Hall–Kier alpha value is -5.46. The van der Waals surface area contributed by atoms with Gasteiger partial charge in [0, 0.05) is 18.6 Å². The predicted molar refractivity (Wildman–Crippen MR) is 179 cm³/mol. The minimum Gasteiger partial charge on any atom is -0.483 e. The summed E-state index contributed by atoms with van der Waals surface area (Å²) in [5.41, 5.74) is 1.44. The van der Waals surface area contributed by atoms with Crippen molar-refractivity contribution in [3.05, 3.63) is 94.0 Å². The number of para-hydroxylation sites is 1. The van der Waals surface area contributed by atoms with Gasteiger partial charge in [0.1, 0.15) is 29.3 Å². The summed E-state index contributed by atoms with van der Waals surface area (Å²) in [7, 11) is 0. The topological polar surface area (TPSA) is 183 Å². The maximum absolute atomic E-state index is 13.3. The van der Waals surface area contributed by atoms with E-state index in [0.29, 0.717) is 17.2 Å². The Morgan fingerprint density at radius 3 is 2.06 bits per heavy atom. The number of hydrogen-bond acceptors (Lipinski definition) is 9. The van der Waals surface area contributed by atoms with E-state index in [0.717, 1.165) is 31.2 Å². The van der Waals surface area contributed by atoms with Crippen molar-refractivity contribution < 1.29 is 43.4 Å². The van der Waals surface area contributed by atoms with Crippen LogP contribution in [0.3, 0.4) is 0 Å². The summed E-state index contributed by atoms with van der Waals surface area (Å²) in [6.07, 6.45) is 4.81. The molecule has 260 valence electrons. The van der Waals surface area contributed by atoms with Crippen molar-refractivity contribution >= 4 is 29.6 Å². The molecule has 3 aromatic rings. The first-order valence-corrected chi connectivity index (χ1v) is 16.3. The Kier molecular flexibility index (Phi) is 13.1. The molecule has 1 aliphatic carbocycles. The number of rotatable bonds is 15. The van der Waals surface area contributed by atoms with E-state index in [1.165, 1.54) is 55.0 Å². The zero-order valence-corrected chi connectivity index (χ0v) is 27.5. The molecule has 13 heteroatoms. The molecular formula is C36H41N3O10. The summed E-state index contributed by atoms with van der Waals surface area (Å²) in [6.45, 7) is 3.50. The molecule has 3 N–H and O–H groups in total. The van der Waals surface area contributed by atoms with E-state index in [1.54, 1.807) is 0 Å². The largest absolute Gasteiger partial charge is 0.519 e. The number of ether oxygens (including phenoxy) is 3. The van der Waals surface area contributed by atoms with Crippen LogP contribution in [0.1, 0.15) is 69.4 Å². The highest BCUT2D eigenvalue weighted by Gasteiger charge is 2.28. The number of nitrogens with zero attached hydrogens (tertiary/aromatic N) is 1. The van der Waals surface area contributed by atoms with Crippen molar-refractivity contribution in [1.29, 1.82) is 0 Å². The van der Waals surface area contributed by atoms with Crippen LogP contribution >= 0.6 is 0 Å². The number of hydrogen-bond donors (Lipinski definition) is 3. The van der Waals surface area contributed by atoms with Gasteiger partial charge in [0.2, 0.25) is 5.91 Å². The summed E-state index contributed by atoms with van der Waals surface area (Å²) in [5, 5.41) is 25.9. The fraction of sp³-hybridized carbons (Fsp3) is 0.389. The number of non-ortho nitro benzene ring substituents is 1. The smallest absolute Gasteiger partial charge is 0.483 e. The predicted octanol–water partition coefficient (Wildman–Crippen LogP) is 5.94. The van der Waals surface area contributed by atoms with E-state index < -0.39 is 40.9 Å². The molecule has 49 heavy (non-hydrogen) atoms. The second kappa shape index (κ2) is 17.6. The van der Waals surface area contributed by atoms with E-state index >= 15 is 0 Å². The van der Waals surface area contributed by atoms with Gasteiger partial charge in [-0.15, -0.1) is 0 Å². The lowest BCUT2D eigenvalue weighted by molar-refractivity contribution is -0.384. The molecule has 3 aromatic carbocycles. The van der Waals surface area contributed by atoms with E-state index in [2.05, 4.69) is 10.6 Å². The highest BCUT2D eigenvalue weighted by molar-refractivity contribution is 5.90. The molecule has 0 saturated heterocycles. The molecule has 1 saturated carbocycles. The normalized spacial score (nSPS) is 14.3. The Labute approximate surface area is 284 Å². The number of nitro groups is 1. The lowest BCUT2D eigenvalue weighted by atomic mass is 9.84. The molecular weight excluding hydrogens is 634 g/mol. The standard InChI is InChI=1S/C36H41N3O10/c1-23(2)20-30(37-33(40)22-47-32-11-7-6-10-29(32)25-8-4-3-5-9-25)34(41)38-31(35(42)43)21-24-12-16-27(17-13-24)48-36(44)49-28-18-14-26(15-19-28)39(45)46/h6-7,10-19,23,25,30-31H,3-5,8-9,20-22H2,1-2H3,(H,37,40)(H,38,41)(H,42,43)/t30-,31-/m0/s1. The molecule has 1 fully saturated rings. The number of carbonyl (C=O) groups is 4. The SMILES string of the molecule is CC(C)C[C@H](NC(=O)COc1ccccc1C1CCCCC1)C(=O)N[C@@H](Cc1ccc(OC(=O)Oc2ccc([N+](=O)[O-])cc2)cc1)C(=O)O. The maximum atomic E-state index is 13.3. The summed E-state index contributed by atoms with van der Waals surface area (Å²) in [5.74, 6) is -1.18. The van der Waals surface area contributed by atoms with Gasteiger partial charge in [-0.1, -0.05) is 63.4 Å². The minimum absolute atomic E-state index is 0.0203. The van der Waals surface area contributed by atoms with Crippen LogP contribution in [-0.4, -0.2) is 52.7 Å². The fourth-order valence-corrected chi connectivity index (χ4v) is 5.70. The van der Waals surface area contributed by atoms with Crippen molar-refractivity contribution in [1.82, 2.24) is 10.6 Å². The van der Waals surface area contributed by atoms with E-state index in [4.69, 9.17) is 14.2 Å². The molecule has 4 rings (SSSR count). The number of nitrogens with one attached hydrogen (secondary N) is 2. The molecule has 0 aromatic heterocycles. The van der Waals surface area contributed by atoms with Gasteiger partial charge in [-0.3, -0.25) is 19.7 Å². The maximum Gasteiger partial charge on any atom is 0.519 e. The van der Waals surface area contributed by atoms with Crippen LogP contribution in [0, 0.1) is 16.0 Å². The summed E-state index contributed by atoms with van der Waals surface area (Å²) in [6, 6.07) is 16.2. The molecule has 13 nitrogen and oxygen atoms in total. The quantitative estimate of drug-likeness (QED) is 0.0754. The number of carboxylic acid groups (broad SMARTS) is 1. The highest BCUT2D eigenvalue weighted by atomic mass is 16.7. The lowest BCUT2D eigenvalue weighted by Crippen LogP contribution is -2.53. The molecule has 2 amide bonds. The summed E-state index contributed by atoms with van der Waals surface area (Å²) >= 11 is 0. The van der Waals surface area contributed by atoms with Crippen molar-refractivity contribution in [2.24, 2.45) is 5.92 Å². The Morgan fingerprint density at radius 2 is 1.47 bits per heavy atom. The number of carboxylic acids is 1. The van der Waals surface area contributed by atoms with Gasteiger partial charge in [-0.25, -0.2) is 9.59 Å². The van der Waals surface area contributed by atoms with Crippen LogP contribution in [0.15, 0.2) is 72.8 Å². The van der Waals surface area contributed by atoms with Crippen molar-refractivity contribution in [2.45, 2.75) is 76.8 Å². The third kappa shape index (κ3) is 11.3. The van der Waals surface area contributed by atoms with Crippen LogP contribution in [0.5, 0.6) is 17.2 Å². The zero-order valence-electron chi connectivity index (χ0n) is 27.5. The summed E-state index contributed by atoms with van der Waals surface area (Å²) in [4.78, 5) is 60.7. The van der Waals surface area contributed by atoms with Gasteiger partial charge in [-0.05, 0) is 72.6 Å². The molecule has 0 bridgehead atoms. The molecule has 0 radical (unpaired) electrons. The number of aliphatic carboxylic acids is 1. The van der Waals surface area contributed by atoms with Crippen LogP contribution in [0.2, 0.25) is 0 Å². The highest BCUT2D eigenvalue weighted by Crippen LogP contribution is 2.37. The van der Waals surface area contributed by atoms with Crippen molar-refractivity contribution in [3.8, 4) is 17.2 Å². The van der Waals surface area contributed by atoms with E-state index in [9.17, 15) is 34.4 Å².